The van der Waals surface area contributed by atoms with Crippen molar-refractivity contribution in [3.05, 3.63) is 0 Å². The van der Waals surface area contributed by atoms with Gasteiger partial charge < -0.3 is 4.74 Å². The molecule has 0 radical (unpaired) electrons. The molecule has 1 rings (SSSR count). The minimum atomic E-state index is -3.25. The summed E-state index contributed by atoms with van der Waals surface area (Å²) in [5, 5.41) is 0. The van der Waals surface area contributed by atoms with Gasteiger partial charge in [0.05, 0.1) is 12.9 Å². The quantitative estimate of drug-likeness (QED) is 0.659. The molecule has 0 aromatic heterocycles. The molecule has 6 nitrogen and oxygen atoms in total. The Kier molecular flexibility index (Phi) is 6.22. The molecule has 0 aromatic carbocycles. The topological polar surface area (TPSA) is 66.9 Å². The number of carbonyl (C=O) groups excluding carboxylic acids is 1. The van der Waals surface area contributed by atoms with Gasteiger partial charge in [-0.2, -0.15) is 4.31 Å². The molecule has 1 aliphatic rings. The number of hydrogen-bond acceptors (Lipinski definition) is 5. The van der Waals surface area contributed by atoms with Crippen LogP contribution in [0, 0.1) is 0 Å². The van der Waals surface area contributed by atoms with Gasteiger partial charge in [0, 0.05) is 32.1 Å². The lowest BCUT2D eigenvalue weighted by molar-refractivity contribution is -0.140. The molecule has 19 heavy (non-hydrogen) atoms. The normalized spacial score (nSPS) is 22.4. The molecule has 7 heteroatoms. The number of carbonyl (C=O) groups is 1. The van der Waals surface area contributed by atoms with Crippen molar-refractivity contribution >= 4 is 16.0 Å². The summed E-state index contributed by atoms with van der Waals surface area (Å²) in [5.74, 6) is -0.347. The second kappa shape index (κ2) is 7.21. The fraction of sp³-hybridized carbons (Fsp3) is 0.917. The van der Waals surface area contributed by atoms with Gasteiger partial charge in [0.1, 0.15) is 0 Å². The van der Waals surface area contributed by atoms with Crippen molar-refractivity contribution in [1.82, 2.24) is 9.21 Å². The van der Waals surface area contributed by atoms with Gasteiger partial charge in [-0.25, -0.2) is 8.42 Å². The van der Waals surface area contributed by atoms with E-state index in [1.807, 2.05) is 6.92 Å². The maximum atomic E-state index is 12.2. The number of rotatable bonds is 6. The van der Waals surface area contributed by atoms with E-state index in [4.69, 9.17) is 0 Å². The third-order valence-corrected chi connectivity index (χ3v) is 5.46. The third-order valence-electron chi connectivity index (χ3n) is 3.54. The SMILES string of the molecule is CCN1CCN(S(=O)(=O)CCCC(=O)OC)CC1C. The molecule has 0 aliphatic carbocycles. The number of piperazine rings is 1. The van der Waals surface area contributed by atoms with Gasteiger partial charge in [-0.15, -0.1) is 0 Å². The van der Waals surface area contributed by atoms with E-state index in [0.717, 1.165) is 13.1 Å². The lowest BCUT2D eigenvalue weighted by Gasteiger charge is -2.38. The maximum Gasteiger partial charge on any atom is 0.305 e. The van der Waals surface area contributed by atoms with E-state index in [0.29, 0.717) is 19.5 Å². The molecule has 1 atom stereocenters. The van der Waals surface area contributed by atoms with E-state index in [2.05, 4.69) is 16.6 Å². The Bertz CT molecular complexity index is 397. The number of methoxy groups -OCH3 is 1. The molecule has 1 saturated heterocycles. The van der Waals surface area contributed by atoms with Crippen LogP contribution < -0.4 is 0 Å². The molecular weight excluding hydrogens is 268 g/mol. The fourth-order valence-electron chi connectivity index (χ4n) is 2.31. The molecule has 1 heterocycles. The third kappa shape index (κ3) is 4.74. The fourth-order valence-corrected chi connectivity index (χ4v) is 3.88. The Morgan fingerprint density at radius 1 is 1.37 bits per heavy atom. The largest absolute Gasteiger partial charge is 0.469 e. The zero-order valence-electron chi connectivity index (χ0n) is 12.0. The van der Waals surface area contributed by atoms with Crippen LogP contribution in [0.3, 0.4) is 0 Å². The molecule has 0 spiro atoms. The number of ether oxygens (including phenoxy) is 1. The molecule has 0 bridgehead atoms. The summed E-state index contributed by atoms with van der Waals surface area (Å²) >= 11 is 0. The number of hydrogen-bond donors (Lipinski definition) is 0. The first-order chi connectivity index (χ1) is 8.90. The van der Waals surface area contributed by atoms with E-state index in [1.54, 1.807) is 4.31 Å². The Morgan fingerprint density at radius 2 is 2.05 bits per heavy atom. The van der Waals surface area contributed by atoms with E-state index in [-0.39, 0.29) is 24.2 Å². The second-order valence-electron chi connectivity index (χ2n) is 4.83. The summed E-state index contributed by atoms with van der Waals surface area (Å²) in [7, 11) is -1.94. The van der Waals surface area contributed by atoms with Gasteiger partial charge in [0.15, 0.2) is 0 Å². The lowest BCUT2D eigenvalue weighted by Crippen LogP contribution is -2.53. The van der Waals surface area contributed by atoms with Crippen molar-refractivity contribution in [1.29, 1.82) is 0 Å². The lowest BCUT2D eigenvalue weighted by atomic mass is 10.2. The second-order valence-corrected chi connectivity index (χ2v) is 6.92. The van der Waals surface area contributed by atoms with Crippen molar-refractivity contribution in [3.63, 3.8) is 0 Å². The van der Waals surface area contributed by atoms with Crippen molar-refractivity contribution in [3.8, 4) is 0 Å². The number of sulfonamides is 1. The molecule has 0 saturated carbocycles. The van der Waals surface area contributed by atoms with Crippen LogP contribution in [0.15, 0.2) is 0 Å². The molecule has 1 fully saturated rings. The minimum Gasteiger partial charge on any atom is -0.469 e. The monoisotopic (exact) mass is 292 g/mol. The summed E-state index contributed by atoms with van der Waals surface area (Å²) in [6.07, 6.45) is 0.470. The smallest absolute Gasteiger partial charge is 0.305 e. The van der Waals surface area contributed by atoms with Crippen LogP contribution in [0.5, 0.6) is 0 Å². The number of likely N-dealkylation sites (N-methyl/N-ethyl adjacent to an activating group) is 1. The Morgan fingerprint density at radius 3 is 2.58 bits per heavy atom. The number of nitrogens with zero attached hydrogens (tertiary/aromatic N) is 2. The van der Waals surface area contributed by atoms with E-state index in [1.165, 1.54) is 7.11 Å². The summed E-state index contributed by atoms with van der Waals surface area (Å²) < 4.78 is 30.3. The summed E-state index contributed by atoms with van der Waals surface area (Å²) in [4.78, 5) is 13.2. The highest BCUT2D eigenvalue weighted by Gasteiger charge is 2.30. The molecule has 1 unspecified atom stereocenters. The van der Waals surface area contributed by atoms with Gasteiger partial charge in [-0.1, -0.05) is 6.92 Å². The maximum absolute atomic E-state index is 12.2. The predicted molar refractivity (Wildman–Crippen MR) is 73.3 cm³/mol. The van der Waals surface area contributed by atoms with Crippen LogP contribution in [0.1, 0.15) is 26.7 Å². The zero-order chi connectivity index (χ0) is 14.5. The Balaban J connectivity index is 2.47. The summed E-state index contributed by atoms with van der Waals surface area (Å²) in [6.45, 7) is 6.91. The van der Waals surface area contributed by atoms with Crippen LogP contribution in [0.2, 0.25) is 0 Å². The predicted octanol–water partition coefficient (Wildman–Crippen LogP) is 0.295. The minimum absolute atomic E-state index is 0.0148. The van der Waals surface area contributed by atoms with Gasteiger partial charge in [-0.3, -0.25) is 9.69 Å². The standard InChI is InChI=1S/C12H24N2O4S/c1-4-13-7-8-14(10-11(13)2)19(16,17)9-5-6-12(15)18-3/h11H,4-10H2,1-3H3. The van der Waals surface area contributed by atoms with Gasteiger partial charge >= 0.3 is 5.97 Å². The first-order valence-corrected chi connectivity index (χ1v) is 8.30. The first kappa shape index (κ1) is 16.4. The number of esters is 1. The van der Waals surface area contributed by atoms with Crippen LogP contribution in [-0.4, -0.2) is 68.7 Å². The van der Waals surface area contributed by atoms with Gasteiger partial charge in [-0.05, 0) is 19.9 Å². The zero-order valence-corrected chi connectivity index (χ0v) is 12.8. The average Bonchev–Trinajstić information content (AvgIpc) is 2.38. The average molecular weight is 292 g/mol. The van der Waals surface area contributed by atoms with Crippen molar-refractivity contribution in [2.24, 2.45) is 0 Å². The highest BCUT2D eigenvalue weighted by molar-refractivity contribution is 7.89. The van der Waals surface area contributed by atoms with Crippen molar-refractivity contribution in [2.45, 2.75) is 32.7 Å². The first-order valence-electron chi connectivity index (χ1n) is 6.69. The van der Waals surface area contributed by atoms with E-state index < -0.39 is 10.0 Å². The van der Waals surface area contributed by atoms with Crippen LogP contribution >= 0.6 is 0 Å². The molecule has 0 amide bonds. The van der Waals surface area contributed by atoms with Gasteiger partial charge in [0.2, 0.25) is 10.0 Å². The van der Waals surface area contributed by atoms with Crippen LogP contribution in [0.25, 0.3) is 0 Å². The van der Waals surface area contributed by atoms with E-state index >= 15 is 0 Å². The van der Waals surface area contributed by atoms with Crippen molar-refractivity contribution < 1.29 is 17.9 Å². The Hall–Kier alpha value is -0.660. The summed E-state index contributed by atoms with van der Waals surface area (Å²) in [6, 6.07) is 0.245. The van der Waals surface area contributed by atoms with Crippen LogP contribution in [-0.2, 0) is 19.6 Å². The molecule has 0 aromatic rings. The summed E-state index contributed by atoms with van der Waals surface area (Å²) in [5.41, 5.74) is 0. The molecule has 1 aliphatic heterocycles. The molecule has 0 N–H and O–H groups in total. The van der Waals surface area contributed by atoms with E-state index in [9.17, 15) is 13.2 Å². The highest BCUT2D eigenvalue weighted by Crippen LogP contribution is 2.14. The Labute approximate surface area is 115 Å². The van der Waals surface area contributed by atoms with Crippen LogP contribution in [0.4, 0.5) is 0 Å². The van der Waals surface area contributed by atoms with Crippen molar-refractivity contribution in [2.75, 3.05) is 39.0 Å². The highest BCUT2D eigenvalue weighted by atomic mass is 32.2. The molecular formula is C12H24N2O4S. The molecule has 112 valence electrons. The van der Waals surface area contributed by atoms with Gasteiger partial charge in [0.25, 0.3) is 0 Å².